The van der Waals surface area contributed by atoms with Gasteiger partial charge in [-0.2, -0.15) is 9.78 Å². The Labute approximate surface area is 140 Å². The lowest BCUT2D eigenvalue weighted by Crippen LogP contribution is -2.35. The third-order valence-electron chi connectivity index (χ3n) is 4.77. The second kappa shape index (κ2) is 6.43. The minimum atomic E-state index is 0.541. The van der Waals surface area contributed by atoms with E-state index in [1.807, 2.05) is 41.2 Å². The maximum absolute atomic E-state index is 4.25. The number of hydrogen-bond donors (Lipinski definition) is 1. The first-order valence-electron chi connectivity index (χ1n) is 8.47. The zero-order valence-corrected chi connectivity index (χ0v) is 13.8. The molecular formula is C17H21N7. The van der Waals surface area contributed by atoms with Gasteiger partial charge in [-0.1, -0.05) is 30.2 Å². The maximum Gasteiger partial charge on any atom is 0.250 e. The van der Waals surface area contributed by atoms with E-state index < -0.39 is 0 Å². The molecule has 124 valence electrons. The van der Waals surface area contributed by atoms with Gasteiger partial charge in [-0.15, -0.1) is 0 Å². The van der Waals surface area contributed by atoms with Crippen molar-refractivity contribution in [1.82, 2.24) is 30.4 Å². The van der Waals surface area contributed by atoms with Gasteiger partial charge >= 0.3 is 0 Å². The average Bonchev–Trinajstić information content (AvgIpc) is 3.32. The number of H-pyrrole nitrogens is 1. The summed E-state index contributed by atoms with van der Waals surface area (Å²) in [5, 5.41) is 19.7. The molecule has 1 aliphatic rings. The Bertz CT molecular complexity index is 784. The van der Waals surface area contributed by atoms with Gasteiger partial charge in [-0.05, 0) is 47.4 Å². The van der Waals surface area contributed by atoms with Crippen molar-refractivity contribution in [1.29, 1.82) is 0 Å². The number of rotatable bonds is 4. The van der Waals surface area contributed by atoms with Crippen molar-refractivity contribution in [2.75, 3.05) is 18.0 Å². The minimum absolute atomic E-state index is 0.541. The van der Waals surface area contributed by atoms with Crippen LogP contribution in [0.5, 0.6) is 0 Å². The van der Waals surface area contributed by atoms with Gasteiger partial charge in [-0.3, -0.25) is 5.10 Å². The molecule has 0 amide bonds. The van der Waals surface area contributed by atoms with Crippen LogP contribution < -0.4 is 4.90 Å². The Balaban J connectivity index is 1.50. The van der Waals surface area contributed by atoms with Gasteiger partial charge in [0.15, 0.2) is 0 Å². The predicted octanol–water partition coefficient (Wildman–Crippen LogP) is 2.33. The van der Waals surface area contributed by atoms with Gasteiger partial charge in [-0.25, -0.2) is 0 Å². The van der Waals surface area contributed by atoms with Crippen LogP contribution in [0.15, 0.2) is 36.5 Å². The third kappa shape index (κ3) is 2.66. The number of aromatic nitrogens is 6. The molecule has 1 aliphatic heterocycles. The van der Waals surface area contributed by atoms with Crippen LogP contribution in [0.3, 0.4) is 0 Å². The summed E-state index contributed by atoms with van der Waals surface area (Å²) >= 11 is 0. The first-order chi connectivity index (χ1) is 11.9. The summed E-state index contributed by atoms with van der Waals surface area (Å²) < 4.78 is 1.81. The molecule has 24 heavy (non-hydrogen) atoms. The average molecular weight is 323 g/mol. The lowest BCUT2D eigenvalue weighted by molar-refractivity contribution is 0.485. The smallest absolute Gasteiger partial charge is 0.250 e. The van der Waals surface area contributed by atoms with E-state index in [4.69, 9.17) is 0 Å². The fraction of sp³-hybridized carbons (Fsp3) is 0.412. The number of nitrogens with zero attached hydrogens (tertiary/aromatic N) is 6. The van der Waals surface area contributed by atoms with Gasteiger partial charge in [0.25, 0.3) is 0 Å². The summed E-state index contributed by atoms with van der Waals surface area (Å²) in [5.74, 6) is 1.36. The predicted molar refractivity (Wildman–Crippen MR) is 91.3 cm³/mol. The van der Waals surface area contributed by atoms with Crippen LogP contribution in [-0.4, -0.2) is 43.5 Å². The highest BCUT2D eigenvalue weighted by molar-refractivity contribution is 5.41. The normalized spacial score (nSPS) is 15.8. The molecular weight excluding hydrogens is 302 g/mol. The Morgan fingerprint density at radius 1 is 1.17 bits per heavy atom. The number of aromatic amines is 1. The summed E-state index contributed by atoms with van der Waals surface area (Å²) in [6.45, 7) is 4.07. The summed E-state index contributed by atoms with van der Waals surface area (Å²) in [7, 11) is 0. The molecule has 1 saturated heterocycles. The Hall–Kier alpha value is -2.70. The highest BCUT2D eigenvalue weighted by Crippen LogP contribution is 2.31. The number of nitrogens with one attached hydrogen (secondary N) is 1. The molecule has 0 aliphatic carbocycles. The van der Waals surface area contributed by atoms with Crippen molar-refractivity contribution in [3.63, 3.8) is 0 Å². The quantitative estimate of drug-likeness (QED) is 0.797. The van der Waals surface area contributed by atoms with E-state index in [2.05, 4.69) is 37.5 Å². The fourth-order valence-corrected chi connectivity index (χ4v) is 3.44. The first kappa shape index (κ1) is 14.9. The summed E-state index contributed by atoms with van der Waals surface area (Å²) in [5.41, 5.74) is 3.63. The van der Waals surface area contributed by atoms with Crippen LogP contribution in [0, 0.1) is 0 Å². The van der Waals surface area contributed by atoms with Crippen molar-refractivity contribution in [2.24, 2.45) is 0 Å². The highest BCUT2D eigenvalue weighted by Gasteiger charge is 2.26. The molecule has 4 rings (SSSR count). The molecule has 0 spiro atoms. The minimum Gasteiger partial charge on any atom is -0.339 e. The molecule has 1 N–H and O–H groups in total. The van der Waals surface area contributed by atoms with Crippen molar-refractivity contribution in [3.8, 4) is 5.69 Å². The van der Waals surface area contributed by atoms with Crippen molar-refractivity contribution in [2.45, 2.75) is 32.1 Å². The van der Waals surface area contributed by atoms with Crippen LogP contribution in [0.4, 0.5) is 5.95 Å². The first-order valence-corrected chi connectivity index (χ1v) is 8.47. The number of tetrazole rings is 1. The second-order valence-corrected chi connectivity index (χ2v) is 6.15. The van der Waals surface area contributed by atoms with Crippen molar-refractivity contribution in [3.05, 3.63) is 47.8 Å². The lowest BCUT2D eigenvalue weighted by Gasteiger charge is -2.32. The maximum atomic E-state index is 4.25. The van der Waals surface area contributed by atoms with E-state index in [0.29, 0.717) is 5.92 Å². The molecule has 7 heteroatoms. The van der Waals surface area contributed by atoms with Gasteiger partial charge in [0, 0.05) is 24.7 Å². The molecule has 3 heterocycles. The molecule has 1 aromatic carbocycles. The van der Waals surface area contributed by atoms with E-state index in [9.17, 15) is 0 Å². The van der Waals surface area contributed by atoms with E-state index in [1.165, 1.54) is 11.3 Å². The molecule has 1 fully saturated rings. The van der Waals surface area contributed by atoms with Crippen LogP contribution in [0.25, 0.3) is 5.69 Å². The molecule has 3 aromatic rings. The number of anilines is 1. The molecule has 0 radical (unpaired) electrons. The number of hydrogen-bond acceptors (Lipinski definition) is 5. The molecule has 7 nitrogen and oxygen atoms in total. The summed E-state index contributed by atoms with van der Waals surface area (Å²) in [4.78, 5) is 2.27. The van der Waals surface area contributed by atoms with E-state index in [-0.39, 0.29) is 0 Å². The summed E-state index contributed by atoms with van der Waals surface area (Å²) in [6.07, 6.45) is 5.14. The molecule has 0 bridgehead atoms. The van der Waals surface area contributed by atoms with Crippen molar-refractivity contribution >= 4 is 5.95 Å². The summed E-state index contributed by atoms with van der Waals surface area (Å²) in [6, 6.07) is 10.0. The highest BCUT2D eigenvalue weighted by atomic mass is 15.6. The standard InChI is InChI=1S/C17H21N7/c1-2-13-12-18-19-16(13)14-8-10-23(11-9-14)17-20-21-22-24(17)15-6-4-3-5-7-15/h3-7,12,14H,2,8-11H2,1H3,(H,18,19). The van der Waals surface area contributed by atoms with E-state index >= 15 is 0 Å². The Morgan fingerprint density at radius 2 is 1.96 bits per heavy atom. The lowest BCUT2D eigenvalue weighted by atomic mass is 9.91. The second-order valence-electron chi connectivity index (χ2n) is 6.15. The van der Waals surface area contributed by atoms with Crippen LogP contribution in [0.2, 0.25) is 0 Å². The fourth-order valence-electron chi connectivity index (χ4n) is 3.44. The molecule has 0 saturated carbocycles. The van der Waals surface area contributed by atoms with Crippen molar-refractivity contribution < 1.29 is 0 Å². The van der Waals surface area contributed by atoms with Gasteiger partial charge in [0.1, 0.15) is 0 Å². The van der Waals surface area contributed by atoms with Crippen LogP contribution in [-0.2, 0) is 6.42 Å². The van der Waals surface area contributed by atoms with Gasteiger partial charge in [0.2, 0.25) is 5.95 Å². The van der Waals surface area contributed by atoms with Gasteiger partial charge < -0.3 is 4.90 Å². The van der Waals surface area contributed by atoms with E-state index in [0.717, 1.165) is 44.0 Å². The zero-order chi connectivity index (χ0) is 16.4. The molecule has 0 atom stereocenters. The zero-order valence-electron chi connectivity index (χ0n) is 13.8. The monoisotopic (exact) mass is 323 g/mol. The molecule has 0 unspecified atom stereocenters. The third-order valence-corrected chi connectivity index (χ3v) is 4.77. The Kier molecular flexibility index (Phi) is 3.98. The Morgan fingerprint density at radius 3 is 2.71 bits per heavy atom. The number of para-hydroxylation sites is 1. The SMILES string of the molecule is CCc1cn[nH]c1C1CCN(c2nnnn2-c2ccccc2)CC1. The number of aryl methyl sites for hydroxylation is 1. The van der Waals surface area contributed by atoms with Crippen LogP contribution >= 0.6 is 0 Å². The largest absolute Gasteiger partial charge is 0.339 e. The van der Waals surface area contributed by atoms with Gasteiger partial charge in [0.05, 0.1) is 11.9 Å². The topological polar surface area (TPSA) is 75.5 Å². The van der Waals surface area contributed by atoms with Crippen LogP contribution in [0.1, 0.15) is 36.9 Å². The van der Waals surface area contributed by atoms with E-state index in [1.54, 1.807) is 0 Å². The number of piperidine rings is 1. The number of benzene rings is 1. The molecule has 2 aromatic heterocycles.